The maximum Gasteiger partial charge on any atom is 0.0594 e. The molecule has 0 heterocycles. The molecule has 0 amide bonds. The number of aryl methyl sites for hydroxylation is 3. The highest BCUT2D eigenvalue weighted by atomic mass is 35.5. The van der Waals surface area contributed by atoms with Gasteiger partial charge in [-0.1, -0.05) is 60.5 Å². The quantitative estimate of drug-likeness (QED) is 0.784. The number of rotatable bonds is 5. The van der Waals surface area contributed by atoms with Gasteiger partial charge in [-0.15, -0.1) is 0 Å². The lowest BCUT2D eigenvalue weighted by atomic mass is 9.92. The van der Waals surface area contributed by atoms with Gasteiger partial charge in [-0.05, 0) is 56.0 Å². The largest absolute Gasteiger partial charge is 0.306 e. The average Bonchev–Trinajstić information content (AvgIpc) is 2.47. The number of halogens is 1. The summed E-state index contributed by atoms with van der Waals surface area (Å²) in [6.45, 7) is 9.52. The van der Waals surface area contributed by atoms with Crippen molar-refractivity contribution in [2.24, 2.45) is 0 Å². The van der Waals surface area contributed by atoms with Crippen LogP contribution in [0.1, 0.15) is 47.2 Å². The molecule has 0 bridgehead atoms. The molecule has 1 unspecified atom stereocenters. The molecule has 1 atom stereocenters. The van der Waals surface area contributed by atoms with Crippen LogP contribution in [-0.4, -0.2) is 6.54 Å². The molecule has 2 aromatic carbocycles. The Morgan fingerprint density at radius 1 is 1.00 bits per heavy atom. The maximum atomic E-state index is 6.57. The minimum atomic E-state index is 0.150. The van der Waals surface area contributed by atoms with Crippen molar-refractivity contribution in [2.75, 3.05) is 6.54 Å². The Bertz CT molecular complexity index is 617. The highest BCUT2D eigenvalue weighted by Crippen LogP contribution is 2.32. The molecule has 0 saturated carbocycles. The lowest BCUT2D eigenvalue weighted by Crippen LogP contribution is -2.24. The summed E-state index contributed by atoms with van der Waals surface area (Å²) in [7, 11) is 0. The second-order valence-electron chi connectivity index (χ2n) is 5.73. The van der Waals surface area contributed by atoms with E-state index in [1.807, 2.05) is 0 Å². The van der Waals surface area contributed by atoms with Gasteiger partial charge in [0.1, 0.15) is 0 Å². The third-order valence-corrected chi connectivity index (χ3v) is 4.39. The van der Waals surface area contributed by atoms with Gasteiger partial charge in [0.15, 0.2) is 0 Å². The zero-order valence-electron chi connectivity index (χ0n) is 13.3. The van der Waals surface area contributed by atoms with Crippen LogP contribution in [0.5, 0.6) is 0 Å². The molecule has 2 heteroatoms. The SMILES string of the molecule is CCCNC(c1cc(C)ccc1C)c1cccc(C)c1Cl. The summed E-state index contributed by atoms with van der Waals surface area (Å²) in [5.74, 6) is 0. The van der Waals surface area contributed by atoms with E-state index in [0.29, 0.717) is 0 Å². The van der Waals surface area contributed by atoms with Gasteiger partial charge in [-0.3, -0.25) is 0 Å². The fraction of sp³-hybridized carbons (Fsp3) is 0.368. The van der Waals surface area contributed by atoms with Gasteiger partial charge in [0.25, 0.3) is 0 Å². The normalized spacial score (nSPS) is 12.4. The summed E-state index contributed by atoms with van der Waals surface area (Å²) < 4.78 is 0. The molecule has 0 fully saturated rings. The van der Waals surface area contributed by atoms with Gasteiger partial charge in [0.2, 0.25) is 0 Å². The fourth-order valence-corrected chi connectivity index (χ4v) is 2.88. The van der Waals surface area contributed by atoms with Crippen molar-refractivity contribution in [1.29, 1.82) is 0 Å². The first kappa shape index (κ1) is 16.1. The number of nitrogens with one attached hydrogen (secondary N) is 1. The molecule has 0 spiro atoms. The van der Waals surface area contributed by atoms with E-state index in [-0.39, 0.29) is 6.04 Å². The predicted molar refractivity (Wildman–Crippen MR) is 92.2 cm³/mol. The zero-order valence-corrected chi connectivity index (χ0v) is 14.1. The molecule has 21 heavy (non-hydrogen) atoms. The van der Waals surface area contributed by atoms with Crippen molar-refractivity contribution < 1.29 is 0 Å². The molecule has 1 nitrogen and oxygen atoms in total. The van der Waals surface area contributed by atoms with Crippen molar-refractivity contribution in [3.05, 3.63) is 69.2 Å². The Morgan fingerprint density at radius 2 is 1.76 bits per heavy atom. The third kappa shape index (κ3) is 3.66. The Hall–Kier alpha value is -1.31. The summed E-state index contributed by atoms with van der Waals surface area (Å²) in [5, 5.41) is 4.52. The van der Waals surface area contributed by atoms with E-state index >= 15 is 0 Å². The number of hydrogen-bond acceptors (Lipinski definition) is 1. The third-order valence-electron chi connectivity index (χ3n) is 3.88. The van der Waals surface area contributed by atoms with Crippen LogP contribution in [0.15, 0.2) is 36.4 Å². The first-order valence-electron chi connectivity index (χ1n) is 7.60. The Labute approximate surface area is 133 Å². The Kier molecular flexibility index (Phi) is 5.44. The summed E-state index contributed by atoms with van der Waals surface area (Å²) in [6.07, 6.45) is 1.10. The standard InChI is InChI=1S/C19H24ClN/c1-5-11-21-19(16-8-6-7-15(4)18(16)20)17-12-13(2)9-10-14(17)3/h6-10,12,19,21H,5,11H2,1-4H3. The summed E-state index contributed by atoms with van der Waals surface area (Å²) in [6, 6.07) is 13.0. The maximum absolute atomic E-state index is 6.57. The molecule has 0 aliphatic carbocycles. The predicted octanol–water partition coefficient (Wildman–Crippen LogP) is 5.35. The molecule has 0 aromatic heterocycles. The molecule has 0 aliphatic rings. The molecular weight excluding hydrogens is 278 g/mol. The van der Waals surface area contributed by atoms with Crippen LogP contribution in [0.4, 0.5) is 0 Å². The molecular formula is C19H24ClN. The Balaban J connectivity index is 2.52. The highest BCUT2D eigenvalue weighted by molar-refractivity contribution is 6.32. The van der Waals surface area contributed by atoms with E-state index in [1.54, 1.807) is 0 Å². The van der Waals surface area contributed by atoms with Gasteiger partial charge in [0.05, 0.1) is 6.04 Å². The monoisotopic (exact) mass is 301 g/mol. The van der Waals surface area contributed by atoms with E-state index < -0.39 is 0 Å². The smallest absolute Gasteiger partial charge is 0.0594 e. The molecule has 2 rings (SSSR count). The topological polar surface area (TPSA) is 12.0 Å². The van der Waals surface area contributed by atoms with Crippen LogP contribution >= 0.6 is 11.6 Å². The number of hydrogen-bond donors (Lipinski definition) is 1. The van der Waals surface area contributed by atoms with Gasteiger partial charge in [-0.2, -0.15) is 0 Å². The van der Waals surface area contributed by atoms with Crippen LogP contribution < -0.4 is 5.32 Å². The van der Waals surface area contributed by atoms with Crippen molar-refractivity contribution >= 4 is 11.6 Å². The van der Waals surface area contributed by atoms with Crippen LogP contribution in [0.3, 0.4) is 0 Å². The van der Waals surface area contributed by atoms with Crippen molar-refractivity contribution in [3.8, 4) is 0 Å². The van der Waals surface area contributed by atoms with Crippen molar-refractivity contribution in [1.82, 2.24) is 5.32 Å². The minimum absolute atomic E-state index is 0.150. The van der Waals surface area contributed by atoms with E-state index in [0.717, 1.165) is 23.6 Å². The second-order valence-corrected chi connectivity index (χ2v) is 6.10. The van der Waals surface area contributed by atoms with E-state index in [2.05, 4.69) is 69.4 Å². The van der Waals surface area contributed by atoms with Gasteiger partial charge >= 0.3 is 0 Å². The zero-order chi connectivity index (χ0) is 15.4. The Morgan fingerprint density at radius 3 is 2.48 bits per heavy atom. The molecule has 1 N–H and O–H groups in total. The summed E-state index contributed by atoms with van der Waals surface area (Å²) in [5.41, 5.74) is 6.19. The van der Waals surface area contributed by atoms with Crippen molar-refractivity contribution in [3.63, 3.8) is 0 Å². The summed E-state index contributed by atoms with van der Waals surface area (Å²) >= 11 is 6.57. The van der Waals surface area contributed by atoms with Crippen LogP contribution in [-0.2, 0) is 0 Å². The molecule has 112 valence electrons. The lowest BCUT2D eigenvalue weighted by molar-refractivity contribution is 0.596. The fourth-order valence-electron chi connectivity index (χ4n) is 2.64. The second kappa shape index (κ2) is 7.11. The van der Waals surface area contributed by atoms with Crippen LogP contribution in [0, 0.1) is 20.8 Å². The molecule has 2 aromatic rings. The van der Waals surface area contributed by atoms with Crippen LogP contribution in [0.25, 0.3) is 0 Å². The van der Waals surface area contributed by atoms with E-state index in [4.69, 9.17) is 11.6 Å². The van der Waals surface area contributed by atoms with Gasteiger partial charge in [-0.25, -0.2) is 0 Å². The first-order valence-corrected chi connectivity index (χ1v) is 7.98. The lowest BCUT2D eigenvalue weighted by Gasteiger charge is -2.23. The van der Waals surface area contributed by atoms with E-state index in [9.17, 15) is 0 Å². The first-order chi connectivity index (χ1) is 10.0. The van der Waals surface area contributed by atoms with Crippen molar-refractivity contribution in [2.45, 2.75) is 40.2 Å². The summed E-state index contributed by atoms with van der Waals surface area (Å²) in [4.78, 5) is 0. The number of benzene rings is 2. The molecule has 0 radical (unpaired) electrons. The molecule has 0 saturated heterocycles. The minimum Gasteiger partial charge on any atom is -0.306 e. The van der Waals surface area contributed by atoms with Crippen LogP contribution in [0.2, 0.25) is 5.02 Å². The van der Waals surface area contributed by atoms with E-state index in [1.165, 1.54) is 22.3 Å². The highest BCUT2D eigenvalue weighted by Gasteiger charge is 2.19. The average molecular weight is 302 g/mol. The molecule has 0 aliphatic heterocycles. The van der Waals surface area contributed by atoms with Gasteiger partial charge in [0, 0.05) is 5.02 Å². The van der Waals surface area contributed by atoms with Gasteiger partial charge < -0.3 is 5.32 Å².